The molecule has 5 rings (SSSR count). The number of urea groups is 1. The Bertz CT molecular complexity index is 1560. The first kappa shape index (κ1) is 27.3. The first-order valence-electron chi connectivity index (χ1n) is 12.4. The van der Waals surface area contributed by atoms with Crippen molar-refractivity contribution < 1.29 is 37.7 Å². The van der Waals surface area contributed by atoms with Crippen molar-refractivity contribution >= 4 is 39.4 Å². The standard InChI is InChI=1S/C29H23BrF2N2O6/c1-2-39-28(37)26(36)23-24(18-11-16-9-10-40-27(16)21(30)12-18)33-29(38)34(14-17-3-6-19(31)13-22(17)32)25(23)15-4-7-20(35)8-5-15/h3-8,11-13,24,35H,2,9-10,14H2,1H3,(H,33,38). The Balaban J connectivity index is 1.75. The largest absolute Gasteiger partial charge is 0.508 e. The quantitative estimate of drug-likeness (QED) is 0.281. The normalized spacial score (nSPS) is 16.4. The van der Waals surface area contributed by atoms with Crippen molar-refractivity contribution in [2.45, 2.75) is 25.9 Å². The molecule has 0 fully saturated rings. The zero-order valence-electron chi connectivity index (χ0n) is 21.2. The molecule has 1 atom stereocenters. The molecule has 206 valence electrons. The van der Waals surface area contributed by atoms with Crippen LogP contribution in [0.5, 0.6) is 11.5 Å². The molecule has 2 heterocycles. The molecular formula is C29H23BrF2N2O6. The van der Waals surface area contributed by atoms with Crippen molar-refractivity contribution in [3.63, 3.8) is 0 Å². The third-order valence-corrected chi connectivity index (χ3v) is 7.20. The summed E-state index contributed by atoms with van der Waals surface area (Å²) in [6.45, 7) is 1.58. The lowest BCUT2D eigenvalue weighted by Gasteiger charge is -2.37. The molecule has 8 nitrogen and oxygen atoms in total. The molecule has 0 saturated carbocycles. The van der Waals surface area contributed by atoms with Crippen LogP contribution in [0, 0.1) is 11.6 Å². The van der Waals surface area contributed by atoms with Crippen molar-refractivity contribution in [1.29, 1.82) is 0 Å². The molecule has 3 aromatic rings. The monoisotopic (exact) mass is 612 g/mol. The highest BCUT2D eigenvalue weighted by Gasteiger charge is 2.41. The Morgan fingerprint density at radius 3 is 2.60 bits per heavy atom. The summed E-state index contributed by atoms with van der Waals surface area (Å²) >= 11 is 3.49. The maximum Gasteiger partial charge on any atom is 0.379 e. The zero-order valence-corrected chi connectivity index (χ0v) is 22.8. The fourth-order valence-corrected chi connectivity index (χ4v) is 5.44. The van der Waals surface area contributed by atoms with E-state index in [2.05, 4.69) is 21.2 Å². The fourth-order valence-electron chi connectivity index (χ4n) is 4.80. The lowest BCUT2D eigenvalue weighted by molar-refractivity contribution is -0.151. The van der Waals surface area contributed by atoms with E-state index < -0.39 is 35.5 Å². The predicted octanol–water partition coefficient (Wildman–Crippen LogP) is 5.18. The summed E-state index contributed by atoms with van der Waals surface area (Å²) in [5, 5.41) is 12.7. The molecule has 40 heavy (non-hydrogen) atoms. The molecule has 0 saturated heterocycles. The van der Waals surface area contributed by atoms with Gasteiger partial charge in [0, 0.05) is 18.1 Å². The van der Waals surface area contributed by atoms with Gasteiger partial charge in [-0.1, -0.05) is 6.07 Å². The van der Waals surface area contributed by atoms with Crippen LogP contribution in [0.2, 0.25) is 0 Å². The molecule has 2 amide bonds. The van der Waals surface area contributed by atoms with Crippen molar-refractivity contribution in [1.82, 2.24) is 10.2 Å². The SMILES string of the molecule is CCOC(=O)C(=O)C1=C(c2ccc(O)cc2)N(Cc2ccc(F)cc2F)C(=O)NC1c1cc(Br)c2c(c1)CCO2. The third-order valence-electron chi connectivity index (χ3n) is 6.61. The van der Waals surface area contributed by atoms with E-state index in [9.17, 15) is 28.3 Å². The molecule has 0 bridgehead atoms. The number of Topliss-reactive ketones (excluding diaryl/α,β-unsaturated/α-hetero) is 1. The first-order chi connectivity index (χ1) is 19.2. The molecule has 2 N–H and O–H groups in total. The topological polar surface area (TPSA) is 105 Å². The van der Waals surface area contributed by atoms with E-state index in [-0.39, 0.29) is 35.7 Å². The number of ketones is 1. The number of hydrogen-bond donors (Lipinski definition) is 2. The molecule has 3 aromatic carbocycles. The number of phenolic OH excluding ortho intramolecular Hbond substituents is 1. The highest BCUT2D eigenvalue weighted by atomic mass is 79.9. The number of nitrogens with zero attached hydrogens (tertiary/aromatic N) is 1. The summed E-state index contributed by atoms with van der Waals surface area (Å²) in [6, 6.07) is 10.3. The second-order valence-corrected chi connectivity index (χ2v) is 10.0. The molecule has 0 aromatic heterocycles. The third kappa shape index (κ3) is 5.16. The summed E-state index contributed by atoms with van der Waals surface area (Å²) in [4.78, 5) is 41.3. The second-order valence-electron chi connectivity index (χ2n) is 9.15. The van der Waals surface area contributed by atoms with Crippen molar-refractivity contribution in [3.05, 3.63) is 98.5 Å². The number of phenols is 1. The highest BCUT2D eigenvalue weighted by molar-refractivity contribution is 9.10. The molecule has 0 aliphatic carbocycles. The van der Waals surface area contributed by atoms with Crippen molar-refractivity contribution in [2.75, 3.05) is 13.2 Å². The van der Waals surface area contributed by atoms with Gasteiger partial charge in [0.05, 0.1) is 41.5 Å². The lowest BCUT2D eigenvalue weighted by atomic mass is 9.88. The minimum Gasteiger partial charge on any atom is -0.508 e. The van der Waals surface area contributed by atoms with Gasteiger partial charge >= 0.3 is 12.0 Å². The number of amides is 2. The Kier molecular flexibility index (Phi) is 7.57. The van der Waals surface area contributed by atoms with Gasteiger partial charge in [-0.05, 0) is 82.0 Å². The number of halogens is 3. The van der Waals surface area contributed by atoms with Crippen LogP contribution in [-0.2, 0) is 27.3 Å². The average molecular weight is 613 g/mol. The Morgan fingerprint density at radius 2 is 1.90 bits per heavy atom. The minimum absolute atomic E-state index is 0.0170. The second kappa shape index (κ2) is 11.1. The van der Waals surface area contributed by atoms with E-state index in [1.54, 1.807) is 19.1 Å². The van der Waals surface area contributed by atoms with Crippen LogP contribution in [0.4, 0.5) is 13.6 Å². The van der Waals surface area contributed by atoms with Gasteiger partial charge in [0.1, 0.15) is 23.1 Å². The van der Waals surface area contributed by atoms with E-state index >= 15 is 0 Å². The van der Waals surface area contributed by atoms with Gasteiger partial charge < -0.3 is 19.9 Å². The van der Waals surface area contributed by atoms with Crippen LogP contribution in [-0.4, -0.2) is 41.0 Å². The van der Waals surface area contributed by atoms with Gasteiger partial charge in [-0.3, -0.25) is 9.69 Å². The maximum absolute atomic E-state index is 14.7. The minimum atomic E-state index is -1.13. The van der Waals surface area contributed by atoms with Crippen LogP contribution in [0.1, 0.15) is 35.2 Å². The Morgan fingerprint density at radius 1 is 1.15 bits per heavy atom. The number of fused-ring (bicyclic) bond motifs is 1. The van der Waals surface area contributed by atoms with Crippen LogP contribution in [0.25, 0.3) is 5.70 Å². The van der Waals surface area contributed by atoms with Crippen LogP contribution < -0.4 is 10.1 Å². The molecule has 11 heteroatoms. The summed E-state index contributed by atoms with van der Waals surface area (Å²) in [5.41, 5.74) is 1.54. The van der Waals surface area contributed by atoms with Crippen molar-refractivity contribution in [3.8, 4) is 11.5 Å². The number of aromatic hydroxyl groups is 1. The molecule has 2 aliphatic heterocycles. The van der Waals surface area contributed by atoms with Gasteiger partial charge in [-0.15, -0.1) is 0 Å². The zero-order chi connectivity index (χ0) is 28.6. The van der Waals surface area contributed by atoms with Gasteiger partial charge in [0.2, 0.25) is 0 Å². The van der Waals surface area contributed by atoms with E-state index in [0.29, 0.717) is 40.4 Å². The number of hydrogen-bond acceptors (Lipinski definition) is 6. The van der Waals surface area contributed by atoms with Crippen LogP contribution in [0.15, 0.2) is 64.6 Å². The number of carbonyl (C=O) groups excluding carboxylic acids is 3. The van der Waals surface area contributed by atoms with E-state index in [1.807, 2.05) is 0 Å². The fraction of sp³-hybridized carbons (Fsp3) is 0.207. The first-order valence-corrected chi connectivity index (χ1v) is 13.2. The number of benzene rings is 3. The molecule has 1 unspecified atom stereocenters. The maximum atomic E-state index is 14.7. The van der Waals surface area contributed by atoms with E-state index in [0.717, 1.165) is 16.5 Å². The molecular weight excluding hydrogens is 590 g/mol. The summed E-state index contributed by atoms with van der Waals surface area (Å²) < 4.78 is 39.6. The molecule has 2 aliphatic rings. The van der Waals surface area contributed by atoms with Gasteiger partial charge in [-0.25, -0.2) is 18.4 Å². The predicted molar refractivity (Wildman–Crippen MR) is 143 cm³/mol. The van der Waals surface area contributed by atoms with Gasteiger partial charge in [-0.2, -0.15) is 0 Å². The van der Waals surface area contributed by atoms with Gasteiger partial charge in [0.15, 0.2) is 0 Å². The van der Waals surface area contributed by atoms with Crippen LogP contribution in [0.3, 0.4) is 0 Å². The van der Waals surface area contributed by atoms with Crippen LogP contribution >= 0.6 is 15.9 Å². The summed E-state index contributed by atoms with van der Waals surface area (Å²) in [7, 11) is 0. The summed E-state index contributed by atoms with van der Waals surface area (Å²) in [6.07, 6.45) is 0.605. The Labute approximate surface area is 236 Å². The number of esters is 1. The lowest BCUT2D eigenvalue weighted by Crippen LogP contribution is -2.48. The van der Waals surface area contributed by atoms with Crippen molar-refractivity contribution in [2.24, 2.45) is 0 Å². The highest BCUT2D eigenvalue weighted by Crippen LogP contribution is 2.42. The summed E-state index contributed by atoms with van der Waals surface area (Å²) in [5.74, 6) is -3.24. The van der Waals surface area contributed by atoms with E-state index in [4.69, 9.17) is 9.47 Å². The average Bonchev–Trinajstić information content (AvgIpc) is 3.40. The number of ether oxygens (including phenoxy) is 2. The molecule has 0 spiro atoms. The van der Waals surface area contributed by atoms with Gasteiger partial charge in [0.25, 0.3) is 5.78 Å². The Hall–Kier alpha value is -4.25. The number of nitrogens with one attached hydrogen (secondary N) is 1. The van der Waals surface area contributed by atoms with E-state index in [1.165, 1.54) is 30.3 Å². The number of rotatable bonds is 7. The smallest absolute Gasteiger partial charge is 0.379 e. The molecule has 0 radical (unpaired) electrons. The number of carbonyl (C=O) groups is 3.